The van der Waals surface area contributed by atoms with Gasteiger partial charge in [-0.2, -0.15) is 5.06 Å². The van der Waals surface area contributed by atoms with Gasteiger partial charge in [-0.1, -0.05) is 24.3 Å². The van der Waals surface area contributed by atoms with Gasteiger partial charge in [0.1, 0.15) is 5.75 Å². The SMILES string of the molecule is O=C(Nc1ccccc1)c1ccc(C(=O)N(O)c2cccc(O)c2)cc1. The fraction of sp³-hybridized carbons (Fsp3) is 0. The number of hydrogen-bond donors (Lipinski definition) is 3. The standard InChI is InChI=1S/C20H16N2O4/c23-18-8-4-7-17(13-18)22(26)20(25)15-11-9-14(10-12-15)19(24)21-16-5-2-1-3-6-16/h1-13,23,26H,(H,21,24). The Kier molecular flexibility index (Phi) is 4.96. The third kappa shape index (κ3) is 3.88. The van der Waals surface area contributed by atoms with E-state index in [0.717, 1.165) is 0 Å². The number of para-hydroxylation sites is 1. The van der Waals surface area contributed by atoms with Crippen LogP contribution in [0.25, 0.3) is 0 Å². The maximum atomic E-state index is 12.3. The molecule has 6 nitrogen and oxygen atoms in total. The van der Waals surface area contributed by atoms with Gasteiger partial charge in [-0.05, 0) is 48.5 Å². The number of aromatic hydroxyl groups is 1. The van der Waals surface area contributed by atoms with E-state index >= 15 is 0 Å². The first-order valence-corrected chi connectivity index (χ1v) is 7.83. The van der Waals surface area contributed by atoms with Crippen LogP contribution in [0.3, 0.4) is 0 Å². The van der Waals surface area contributed by atoms with E-state index < -0.39 is 5.91 Å². The number of hydroxylamine groups is 1. The van der Waals surface area contributed by atoms with Crippen LogP contribution in [0.5, 0.6) is 5.75 Å². The van der Waals surface area contributed by atoms with Crippen molar-refractivity contribution in [2.75, 3.05) is 10.4 Å². The molecule has 0 heterocycles. The highest BCUT2D eigenvalue weighted by molar-refractivity contribution is 6.07. The van der Waals surface area contributed by atoms with E-state index in [4.69, 9.17) is 0 Å². The summed E-state index contributed by atoms with van der Waals surface area (Å²) in [5.41, 5.74) is 1.39. The van der Waals surface area contributed by atoms with E-state index in [1.54, 1.807) is 12.1 Å². The molecule has 6 heteroatoms. The van der Waals surface area contributed by atoms with Crippen LogP contribution in [0.1, 0.15) is 20.7 Å². The van der Waals surface area contributed by atoms with E-state index in [2.05, 4.69) is 5.32 Å². The van der Waals surface area contributed by atoms with Crippen molar-refractivity contribution in [2.24, 2.45) is 0 Å². The predicted octanol–water partition coefficient (Wildman–Crippen LogP) is 3.68. The Morgan fingerprint density at radius 3 is 2.12 bits per heavy atom. The van der Waals surface area contributed by atoms with Crippen LogP contribution in [0.15, 0.2) is 78.9 Å². The van der Waals surface area contributed by atoms with E-state index in [1.165, 1.54) is 48.5 Å². The molecule has 0 aliphatic rings. The molecule has 0 spiro atoms. The zero-order chi connectivity index (χ0) is 18.5. The summed E-state index contributed by atoms with van der Waals surface area (Å²) in [6, 6.07) is 20.6. The van der Waals surface area contributed by atoms with Gasteiger partial charge in [0.25, 0.3) is 11.8 Å². The topological polar surface area (TPSA) is 89.9 Å². The Bertz CT molecular complexity index is 924. The van der Waals surface area contributed by atoms with Crippen LogP contribution in [0.2, 0.25) is 0 Å². The highest BCUT2D eigenvalue weighted by Gasteiger charge is 2.17. The van der Waals surface area contributed by atoms with Gasteiger partial charge in [-0.15, -0.1) is 0 Å². The van der Waals surface area contributed by atoms with Gasteiger partial charge in [0.05, 0.1) is 5.69 Å². The lowest BCUT2D eigenvalue weighted by atomic mass is 10.1. The van der Waals surface area contributed by atoms with E-state index in [9.17, 15) is 19.9 Å². The highest BCUT2D eigenvalue weighted by Crippen LogP contribution is 2.20. The van der Waals surface area contributed by atoms with Crippen molar-refractivity contribution in [3.63, 3.8) is 0 Å². The van der Waals surface area contributed by atoms with Crippen molar-refractivity contribution >= 4 is 23.2 Å². The highest BCUT2D eigenvalue weighted by atomic mass is 16.5. The van der Waals surface area contributed by atoms with Crippen LogP contribution in [-0.2, 0) is 0 Å². The normalized spacial score (nSPS) is 10.2. The lowest BCUT2D eigenvalue weighted by Crippen LogP contribution is -2.27. The minimum absolute atomic E-state index is 0.0673. The molecule has 130 valence electrons. The summed E-state index contributed by atoms with van der Waals surface area (Å²) in [6.45, 7) is 0. The van der Waals surface area contributed by atoms with Gasteiger partial charge >= 0.3 is 0 Å². The smallest absolute Gasteiger partial charge is 0.281 e. The fourth-order valence-corrected chi connectivity index (χ4v) is 2.35. The Labute approximate surface area is 149 Å². The first-order valence-electron chi connectivity index (χ1n) is 7.83. The maximum Gasteiger partial charge on any atom is 0.281 e. The second-order valence-corrected chi connectivity index (χ2v) is 5.53. The Morgan fingerprint density at radius 1 is 0.808 bits per heavy atom. The van der Waals surface area contributed by atoms with E-state index in [-0.39, 0.29) is 22.9 Å². The molecular weight excluding hydrogens is 332 g/mol. The molecule has 0 saturated heterocycles. The zero-order valence-electron chi connectivity index (χ0n) is 13.7. The number of phenols is 1. The van der Waals surface area contributed by atoms with Crippen molar-refractivity contribution in [1.82, 2.24) is 0 Å². The first-order chi connectivity index (χ1) is 12.5. The van der Waals surface area contributed by atoms with Crippen LogP contribution >= 0.6 is 0 Å². The van der Waals surface area contributed by atoms with Crippen LogP contribution < -0.4 is 10.4 Å². The quantitative estimate of drug-likeness (QED) is 0.495. The number of amides is 2. The number of nitrogens with one attached hydrogen (secondary N) is 1. The third-order valence-corrected chi connectivity index (χ3v) is 3.69. The summed E-state index contributed by atoms with van der Waals surface area (Å²) in [6.07, 6.45) is 0. The van der Waals surface area contributed by atoms with Crippen molar-refractivity contribution in [3.8, 4) is 5.75 Å². The number of phenolic OH excluding ortho intramolecular Hbond substituents is 1. The first kappa shape index (κ1) is 17.2. The molecular formula is C20H16N2O4. The lowest BCUT2D eigenvalue weighted by molar-refractivity contribution is 0.0854. The number of benzene rings is 3. The molecule has 3 N–H and O–H groups in total. The molecule has 26 heavy (non-hydrogen) atoms. The zero-order valence-corrected chi connectivity index (χ0v) is 13.7. The van der Waals surface area contributed by atoms with Gasteiger partial charge in [-0.25, -0.2) is 0 Å². The maximum absolute atomic E-state index is 12.3. The summed E-state index contributed by atoms with van der Waals surface area (Å²) in [7, 11) is 0. The molecule has 0 bridgehead atoms. The molecule has 0 aliphatic heterocycles. The predicted molar refractivity (Wildman–Crippen MR) is 97.5 cm³/mol. The van der Waals surface area contributed by atoms with Crippen molar-refractivity contribution in [1.29, 1.82) is 0 Å². The average Bonchev–Trinajstić information content (AvgIpc) is 2.67. The molecule has 0 unspecified atom stereocenters. The summed E-state index contributed by atoms with van der Waals surface area (Å²) in [4.78, 5) is 24.5. The molecule has 3 aromatic rings. The number of anilines is 2. The number of carbonyl (C=O) groups excluding carboxylic acids is 2. The van der Waals surface area contributed by atoms with Crippen molar-refractivity contribution in [2.45, 2.75) is 0 Å². The summed E-state index contributed by atoms with van der Waals surface area (Å²) in [5, 5.41) is 22.7. The second-order valence-electron chi connectivity index (χ2n) is 5.53. The van der Waals surface area contributed by atoms with Crippen molar-refractivity contribution in [3.05, 3.63) is 90.0 Å². The number of carbonyl (C=O) groups is 2. The molecule has 3 rings (SSSR count). The number of hydrogen-bond acceptors (Lipinski definition) is 4. The summed E-state index contributed by atoms with van der Waals surface area (Å²) >= 11 is 0. The molecule has 0 fully saturated rings. The minimum Gasteiger partial charge on any atom is -0.508 e. The van der Waals surface area contributed by atoms with E-state index in [0.29, 0.717) is 16.3 Å². The summed E-state index contributed by atoms with van der Waals surface area (Å²) in [5.74, 6) is -1.04. The Morgan fingerprint density at radius 2 is 1.46 bits per heavy atom. The molecule has 0 aromatic heterocycles. The fourth-order valence-electron chi connectivity index (χ4n) is 2.35. The second kappa shape index (κ2) is 7.50. The average molecular weight is 348 g/mol. The number of nitrogens with zero attached hydrogens (tertiary/aromatic N) is 1. The molecule has 0 atom stereocenters. The van der Waals surface area contributed by atoms with Crippen molar-refractivity contribution < 1.29 is 19.9 Å². The minimum atomic E-state index is -0.675. The molecule has 0 saturated carbocycles. The van der Waals surface area contributed by atoms with E-state index in [1.807, 2.05) is 18.2 Å². The Hall–Kier alpha value is -3.64. The van der Waals surface area contributed by atoms with Crippen LogP contribution in [0.4, 0.5) is 11.4 Å². The van der Waals surface area contributed by atoms with Gasteiger partial charge in [-0.3, -0.25) is 14.8 Å². The molecule has 0 aliphatic carbocycles. The molecule has 2 amide bonds. The Balaban J connectivity index is 1.72. The monoisotopic (exact) mass is 348 g/mol. The molecule has 0 radical (unpaired) electrons. The van der Waals surface area contributed by atoms with Gasteiger partial charge in [0.15, 0.2) is 0 Å². The summed E-state index contributed by atoms with van der Waals surface area (Å²) < 4.78 is 0. The van der Waals surface area contributed by atoms with Gasteiger partial charge < -0.3 is 10.4 Å². The third-order valence-electron chi connectivity index (χ3n) is 3.69. The van der Waals surface area contributed by atoms with Gasteiger partial charge in [0.2, 0.25) is 0 Å². The largest absolute Gasteiger partial charge is 0.508 e. The number of rotatable bonds is 4. The van der Waals surface area contributed by atoms with Gasteiger partial charge in [0, 0.05) is 22.9 Å². The lowest BCUT2D eigenvalue weighted by Gasteiger charge is -2.15. The van der Waals surface area contributed by atoms with Crippen LogP contribution in [0, 0.1) is 0 Å². The van der Waals surface area contributed by atoms with Crippen LogP contribution in [-0.4, -0.2) is 22.1 Å². The molecule has 3 aromatic carbocycles.